The van der Waals surface area contributed by atoms with Crippen molar-refractivity contribution in [2.45, 2.75) is 39.6 Å². The minimum absolute atomic E-state index is 0.157. The number of alkyl halides is 3. The second kappa shape index (κ2) is 8.61. The molecule has 1 unspecified atom stereocenters. The topological polar surface area (TPSA) is 56.2 Å². The molecule has 0 aliphatic heterocycles. The molecule has 0 saturated heterocycles. The lowest BCUT2D eigenvalue weighted by atomic mass is 10.1. The number of hydrogen-bond donors (Lipinski definition) is 1. The quantitative estimate of drug-likeness (QED) is 0.626. The largest absolute Gasteiger partial charge is 0.573 e. The van der Waals surface area contributed by atoms with Gasteiger partial charge in [0.1, 0.15) is 5.75 Å². The van der Waals surface area contributed by atoms with E-state index in [0.29, 0.717) is 5.56 Å². The van der Waals surface area contributed by atoms with E-state index in [2.05, 4.69) is 15.2 Å². The molecule has 0 radical (unpaired) electrons. The fourth-order valence-corrected chi connectivity index (χ4v) is 3.25. The summed E-state index contributed by atoms with van der Waals surface area (Å²) in [7, 11) is 0. The summed E-state index contributed by atoms with van der Waals surface area (Å²) in [5.74, 6) is -0.499. The van der Waals surface area contributed by atoms with Crippen LogP contribution >= 0.6 is 0 Å². The zero-order valence-corrected chi connectivity index (χ0v) is 16.8. The monoisotopic (exact) mass is 417 g/mol. The Labute approximate surface area is 172 Å². The molecular formula is C22H22F3N3O2. The minimum Gasteiger partial charge on any atom is -0.406 e. The van der Waals surface area contributed by atoms with Gasteiger partial charge in [-0.3, -0.25) is 4.79 Å². The van der Waals surface area contributed by atoms with E-state index < -0.39 is 6.36 Å². The summed E-state index contributed by atoms with van der Waals surface area (Å²) < 4.78 is 42.5. The van der Waals surface area contributed by atoms with E-state index in [4.69, 9.17) is 0 Å². The molecular weight excluding hydrogens is 395 g/mol. The molecule has 1 N–H and O–H groups in total. The van der Waals surface area contributed by atoms with Crippen LogP contribution in [0.25, 0.3) is 5.69 Å². The number of hydrogen-bond acceptors (Lipinski definition) is 3. The highest BCUT2D eigenvalue weighted by Gasteiger charge is 2.31. The van der Waals surface area contributed by atoms with Crippen LogP contribution in [0.5, 0.6) is 5.75 Å². The van der Waals surface area contributed by atoms with E-state index in [9.17, 15) is 18.0 Å². The first kappa shape index (κ1) is 21.4. The van der Waals surface area contributed by atoms with Crippen LogP contribution in [-0.4, -0.2) is 22.1 Å². The van der Waals surface area contributed by atoms with Crippen molar-refractivity contribution in [2.75, 3.05) is 0 Å². The number of para-hydroxylation sites is 1. The molecule has 0 aliphatic carbocycles. The first-order chi connectivity index (χ1) is 14.1. The number of rotatable bonds is 6. The Balaban J connectivity index is 1.66. The second-order valence-corrected chi connectivity index (χ2v) is 6.98. The Morgan fingerprint density at radius 3 is 2.33 bits per heavy atom. The normalized spacial score (nSPS) is 12.5. The van der Waals surface area contributed by atoms with E-state index in [-0.39, 0.29) is 24.1 Å². The highest BCUT2D eigenvalue weighted by Crippen LogP contribution is 2.24. The van der Waals surface area contributed by atoms with Crippen LogP contribution in [0.1, 0.15) is 35.5 Å². The summed E-state index contributed by atoms with van der Waals surface area (Å²) in [4.78, 5) is 12.6. The number of ether oxygens (including phenoxy) is 1. The lowest BCUT2D eigenvalue weighted by Crippen LogP contribution is -2.28. The van der Waals surface area contributed by atoms with Crippen molar-refractivity contribution in [1.29, 1.82) is 0 Å². The predicted molar refractivity (Wildman–Crippen MR) is 106 cm³/mol. The molecule has 1 heterocycles. The maximum Gasteiger partial charge on any atom is 0.573 e. The molecule has 158 valence electrons. The summed E-state index contributed by atoms with van der Waals surface area (Å²) in [5.41, 5.74) is 4.09. The molecule has 0 fully saturated rings. The van der Waals surface area contributed by atoms with Crippen molar-refractivity contribution in [1.82, 2.24) is 15.1 Å². The van der Waals surface area contributed by atoms with E-state index in [0.717, 1.165) is 22.6 Å². The summed E-state index contributed by atoms with van der Waals surface area (Å²) in [6, 6.07) is 14.7. The summed E-state index contributed by atoms with van der Waals surface area (Å²) >= 11 is 0. The van der Waals surface area contributed by atoms with E-state index in [1.54, 1.807) is 11.6 Å². The third-order valence-electron chi connectivity index (χ3n) is 4.77. The number of aromatic nitrogens is 2. The maximum atomic E-state index is 12.6. The van der Waals surface area contributed by atoms with Crippen LogP contribution in [0.4, 0.5) is 13.2 Å². The van der Waals surface area contributed by atoms with Crippen molar-refractivity contribution in [3.05, 3.63) is 77.1 Å². The van der Waals surface area contributed by atoms with Gasteiger partial charge in [-0.25, -0.2) is 4.68 Å². The first-order valence-corrected chi connectivity index (χ1v) is 9.39. The van der Waals surface area contributed by atoms with E-state index in [1.807, 2.05) is 44.2 Å². The van der Waals surface area contributed by atoms with Gasteiger partial charge in [-0.2, -0.15) is 5.10 Å². The average molecular weight is 417 g/mol. The highest BCUT2D eigenvalue weighted by atomic mass is 19.4. The lowest BCUT2D eigenvalue weighted by molar-refractivity contribution is -0.274. The van der Waals surface area contributed by atoms with Gasteiger partial charge in [0, 0.05) is 11.3 Å². The number of aryl methyl sites for hydroxylation is 1. The minimum atomic E-state index is -4.73. The molecule has 8 heteroatoms. The van der Waals surface area contributed by atoms with Crippen LogP contribution < -0.4 is 10.1 Å². The van der Waals surface area contributed by atoms with Crippen LogP contribution in [0.3, 0.4) is 0 Å². The summed E-state index contributed by atoms with van der Waals surface area (Å²) in [6.07, 6.45) is -4.58. The molecule has 0 spiro atoms. The van der Waals surface area contributed by atoms with Crippen molar-refractivity contribution >= 4 is 5.91 Å². The lowest BCUT2D eigenvalue weighted by Gasteiger charge is -2.15. The third-order valence-corrected chi connectivity index (χ3v) is 4.77. The maximum absolute atomic E-state index is 12.6. The molecule has 0 aliphatic rings. The first-order valence-electron chi connectivity index (χ1n) is 9.39. The van der Waals surface area contributed by atoms with Gasteiger partial charge >= 0.3 is 6.36 Å². The Bertz CT molecular complexity index is 1010. The molecule has 0 bridgehead atoms. The molecule has 5 nitrogen and oxygen atoms in total. The van der Waals surface area contributed by atoms with Gasteiger partial charge in [-0.05, 0) is 50.6 Å². The second-order valence-electron chi connectivity index (χ2n) is 6.98. The smallest absolute Gasteiger partial charge is 0.406 e. The predicted octanol–water partition coefficient (Wildman–Crippen LogP) is 4.81. The van der Waals surface area contributed by atoms with Gasteiger partial charge < -0.3 is 10.1 Å². The molecule has 30 heavy (non-hydrogen) atoms. The fourth-order valence-electron chi connectivity index (χ4n) is 3.25. The summed E-state index contributed by atoms with van der Waals surface area (Å²) in [6.45, 7) is 5.54. The highest BCUT2D eigenvalue weighted by molar-refractivity contribution is 5.79. The van der Waals surface area contributed by atoms with Gasteiger partial charge in [0.25, 0.3) is 0 Å². The van der Waals surface area contributed by atoms with Gasteiger partial charge in [-0.1, -0.05) is 30.3 Å². The van der Waals surface area contributed by atoms with Gasteiger partial charge in [-0.15, -0.1) is 13.2 Å². The summed E-state index contributed by atoms with van der Waals surface area (Å²) in [5, 5.41) is 7.42. The average Bonchev–Trinajstić information content (AvgIpc) is 2.96. The van der Waals surface area contributed by atoms with Crippen LogP contribution in [0.15, 0.2) is 54.6 Å². The van der Waals surface area contributed by atoms with Crippen LogP contribution in [0, 0.1) is 13.8 Å². The molecule has 2 aromatic carbocycles. The molecule has 1 aromatic heterocycles. The van der Waals surface area contributed by atoms with Crippen LogP contribution in [0.2, 0.25) is 0 Å². The zero-order valence-electron chi connectivity index (χ0n) is 16.8. The van der Waals surface area contributed by atoms with Crippen molar-refractivity contribution in [2.24, 2.45) is 0 Å². The number of nitrogens with one attached hydrogen (secondary N) is 1. The Kier molecular flexibility index (Phi) is 6.14. The Hall–Kier alpha value is -3.29. The van der Waals surface area contributed by atoms with E-state index >= 15 is 0 Å². The number of benzene rings is 2. The van der Waals surface area contributed by atoms with Crippen molar-refractivity contribution in [3.8, 4) is 11.4 Å². The SMILES string of the molecule is Cc1nn(-c2ccccc2)c(C)c1CC(=O)NC(C)c1ccc(OC(F)(F)F)cc1. The van der Waals surface area contributed by atoms with E-state index in [1.165, 1.54) is 24.3 Å². The number of carbonyl (C=O) groups is 1. The molecule has 1 amide bonds. The van der Waals surface area contributed by atoms with Gasteiger partial charge in [0.15, 0.2) is 0 Å². The Morgan fingerprint density at radius 1 is 1.10 bits per heavy atom. The fraction of sp³-hybridized carbons (Fsp3) is 0.273. The van der Waals surface area contributed by atoms with Gasteiger partial charge in [0.2, 0.25) is 5.91 Å². The number of carbonyl (C=O) groups excluding carboxylic acids is 1. The zero-order chi connectivity index (χ0) is 21.9. The molecule has 0 saturated carbocycles. The Morgan fingerprint density at radius 2 is 1.73 bits per heavy atom. The molecule has 3 rings (SSSR count). The van der Waals surface area contributed by atoms with Crippen molar-refractivity contribution in [3.63, 3.8) is 0 Å². The van der Waals surface area contributed by atoms with Gasteiger partial charge in [0.05, 0.1) is 23.8 Å². The molecule has 1 atom stereocenters. The number of amides is 1. The molecule has 3 aromatic rings. The number of halogens is 3. The van der Waals surface area contributed by atoms with Crippen LogP contribution in [-0.2, 0) is 11.2 Å². The standard InChI is InChI=1S/C22H22F3N3O2/c1-14(17-9-11-19(12-10-17)30-22(23,24)25)26-21(29)13-20-15(2)27-28(16(20)3)18-7-5-4-6-8-18/h4-12,14H,13H2,1-3H3,(H,26,29). The third kappa shape index (κ3) is 5.20. The number of nitrogens with zero attached hydrogens (tertiary/aromatic N) is 2. The van der Waals surface area contributed by atoms with Crippen molar-refractivity contribution < 1.29 is 22.7 Å².